The van der Waals surface area contributed by atoms with Gasteiger partial charge in [-0.15, -0.1) is 0 Å². The van der Waals surface area contributed by atoms with E-state index in [4.69, 9.17) is 0 Å². The summed E-state index contributed by atoms with van der Waals surface area (Å²) in [5.41, 5.74) is 2.22. The lowest BCUT2D eigenvalue weighted by molar-refractivity contribution is 0.633. The van der Waals surface area contributed by atoms with Crippen molar-refractivity contribution in [2.75, 3.05) is 0 Å². The minimum Gasteiger partial charge on any atom is -0.342 e. The molecule has 14 heavy (non-hydrogen) atoms. The van der Waals surface area contributed by atoms with Crippen LogP contribution in [0, 0.1) is 12.7 Å². The van der Waals surface area contributed by atoms with Crippen LogP contribution in [-0.2, 0) is 0 Å². The van der Waals surface area contributed by atoms with Crippen molar-refractivity contribution in [3.63, 3.8) is 0 Å². The number of fused-ring (bicyclic) bond motifs is 1. The molecule has 0 aliphatic carbocycles. The molecule has 0 saturated carbocycles. The molecule has 0 aliphatic heterocycles. The fourth-order valence-electron chi connectivity index (χ4n) is 1.55. The number of aryl methyl sites for hydroxylation is 1. The van der Waals surface area contributed by atoms with Gasteiger partial charge in [-0.3, -0.25) is 0 Å². The predicted octanol–water partition coefficient (Wildman–Crippen LogP) is 3.13. The van der Waals surface area contributed by atoms with Crippen molar-refractivity contribution in [2.45, 2.75) is 26.7 Å². The lowest BCUT2D eigenvalue weighted by atomic mass is 10.0. The van der Waals surface area contributed by atoms with Gasteiger partial charge in [0.05, 0.1) is 5.52 Å². The number of hydrogen-bond acceptors (Lipinski definition) is 1. The van der Waals surface area contributed by atoms with Crippen LogP contribution in [0.5, 0.6) is 0 Å². The van der Waals surface area contributed by atoms with Crippen LogP contribution in [-0.4, -0.2) is 9.97 Å². The van der Waals surface area contributed by atoms with Crippen LogP contribution in [0.15, 0.2) is 12.1 Å². The normalized spacial score (nSPS) is 11.5. The molecule has 74 valence electrons. The summed E-state index contributed by atoms with van der Waals surface area (Å²) < 4.78 is 13.5. The Balaban J connectivity index is 2.71. The molecule has 1 N–H and O–H groups in total. The van der Waals surface area contributed by atoms with Gasteiger partial charge in [0.1, 0.15) is 11.3 Å². The van der Waals surface area contributed by atoms with Gasteiger partial charge in [-0.05, 0) is 30.5 Å². The molecule has 0 radical (unpaired) electrons. The van der Waals surface area contributed by atoms with Crippen LogP contribution in [0.4, 0.5) is 4.39 Å². The molecule has 0 aliphatic rings. The van der Waals surface area contributed by atoms with Gasteiger partial charge in [-0.1, -0.05) is 13.8 Å². The summed E-state index contributed by atoms with van der Waals surface area (Å²) in [6.07, 6.45) is 0. The number of rotatable bonds is 1. The van der Waals surface area contributed by atoms with Crippen molar-refractivity contribution in [3.05, 3.63) is 29.3 Å². The lowest BCUT2D eigenvalue weighted by Crippen LogP contribution is -1.89. The van der Waals surface area contributed by atoms with Gasteiger partial charge in [0.25, 0.3) is 0 Å². The van der Waals surface area contributed by atoms with E-state index in [1.165, 1.54) is 0 Å². The summed E-state index contributed by atoms with van der Waals surface area (Å²) in [5, 5.41) is 0. The number of benzene rings is 1. The molecule has 0 saturated heterocycles. The minimum atomic E-state index is -0.240. The van der Waals surface area contributed by atoms with Crippen molar-refractivity contribution < 1.29 is 4.39 Å². The summed E-state index contributed by atoms with van der Waals surface area (Å²) in [6.45, 7) is 5.92. The third-order valence-corrected chi connectivity index (χ3v) is 2.35. The third kappa shape index (κ3) is 1.39. The molecule has 0 unspecified atom stereocenters. The molecule has 1 aromatic carbocycles. The minimum absolute atomic E-state index is 0.240. The van der Waals surface area contributed by atoms with E-state index in [9.17, 15) is 4.39 Å². The zero-order valence-corrected chi connectivity index (χ0v) is 8.56. The number of aromatic amines is 1. The Labute approximate surface area is 82.2 Å². The third-order valence-electron chi connectivity index (χ3n) is 2.35. The van der Waals surface area contributed by atoms with E-state index in [1.54, 1.807) is 6.07 Å². The molecule has 1 aromatic heterocycles. The first-order valence-corrected chi connectivity index (χ1v) is 4.73. The van der Waals surface area contributed by atoms with E-state index < -0.39 is 0 Å². The first-order chi connectivity index (χ1) is 6.58. The number of nitrogens with zero attached hydrogens (tertiary/aromatic N) is 1. The first-order valence-electron chi connectivity index (χ1n) is 4.73. The number of H-pyrrole nitrogens is 1. The van der Waals surface area contributed by atoms with Crippen LogP contribution in [0.3, 0.4) is 0 Å². The largest absolute Gasteiger partial charge is 0.342 e. The quantitative estimate of drug-likeness (QED) is 0.738. The molecule has 0 spiro atoms. The second-order valence-corrected chi connectivity index (χ2v) is 3.88. The van der Waals surface area contributed by atoms with E-state index in [2.05, 4.69) is 9.97 Å². The Bertz CT molecular complexity index is 471. The molecule has 0 atom stereocenters. The highest BCUT2D eigenvalue weighted by molar-refractivity contribution is 5.76. The molecule has 3 heteroatoms. The predicted molar refractivity (Wildman–Crippen MR) is 54.9 cm³/mol. The summed E-state index contributed by atoms with van der Waals surface area (Å²) in [4.78, 5) is 7.13. The zero-order valence-electron chi connectivity index (χ0n) is 8.56. The van der Waals surface area contributed by atoms with Gasteiger partial charge in [-0.2, -0.15) is 0 Å². The maximum Gasteiger partial charge on any atom is 0.151 e. The first kappa shape index (κ1) is 9.19. The highest BCUT2D eigenvalue weighted by atomic mass is 19.1. The summed E-state index contributed by atoms with van der Waals surface area (Å²) >= 11 is 0. The Morgan fingerprint density at radius 1 is 1.36 bits per heavy atom. The summed E-state index contributed by atoms with van der Waals surface area (Å²) in [6, 6.07) is 3.52. The average Bonchev–Trinajstić information content (AvgIpc) is 2.45. The van der Waals surface area contributed by atoms with Crippen molar-refractivity contribution in [3.8, 4) is 0 Å². The van der Waals surface area contributed by atoms with Crippen molar-refractivity contribution in [1.29, 1.82) is 0 Å². The SMILES string of the molecule is Cc1nc2c(F)cc(C(C)C)cc2[nH]1. The molecule has 0 fully saturated rings. The fourth-order valence-corrected chi connectivity index (χ4v) is 1.55. The average molecular weight is 192 g/mol. The van der Waals surface area contributed by atoms with Crippen molar-refractivity contribution in [1.82, 2.24) is 9.97 Å². The second kappa shape index (κ2) is 3.08. The van der Waals surface area contributed by atoms with Gasteiger partial charge in [0.2, 0.25) is 0 Å². The van der Waals surface area contributed by atoms with Crippen LogP contribution in [0.2, 0.25) is 0 Å². The second-order valence-electron chi connectivity index (χ2n) is 3.88. The number of aromatic nitrogens is 2. The molecule has 2 rings (SSSR count). The molecule has 2 nitrogen and oxygen atoms in total. The van der Waals surface area contributed by atoms with Gasteiger partial charge in [0.15, 0.2) is 5.82 Å². The van der Waals surface area contributed by atoms with E-state index in [-0.39, 0.29) is 5.82 Å². The van der Waals surface area contributed by atoms with Gasteiger partial charge in [0, 0.05) is 0 Å². The number of nitrogens with one attached hydrogen (secondary N) is 1. The van der Waals surface area contributed by atoms with E-state index in [0.717, 1.165) is 16.9 Å². The Kier molecular flexibility index (Phi) is 2.02. The standard InChI is InChI=1S/C11H13FN2/c1-6(2)8-4-9(12)11-10(5-8)13-7(3)14-11/h4-6H,1-3H3,(H,13,14). The highest BCUT2D eigenvalue weighted by Gasteiger charge is 2.09. The van der Waals surface area contributed by atoms with Crippen LogP contribution >= 0.6 is 0 Å². The maximum absolute atomic E-state index is 13.5. The van der Waals surface area contributed by atoms with Crippen molar-refractivity contribution in [2.24, 2.45) is 0 Å². The monoisotopic (exact) mass is 192 g/mol. The Morgan fingerprint density at radius 2 is 2.07 bits per heavy atom. The fraction of sp³-hybridized carbons (Fsp3) is 0.364. The van der Waals surface area contributed by atoms with Gasteiger partial charge < -0.3 is 4.98 Å². The van der Waals surface area contributed by atoms with E-state index >= 15 is 0 Å². The smallest absolute Gasteiger partial charge is 0.151 e. The topological polar surface area (TPSA) is 28.7 Å². The van der Waals surface area contributed by atoms with Crippen molar-refractivity contribution >= 4 is 11.0 Å². The molecular formula is C11H13FN2. The van der Waals surface area contributed by atoms with Crippen LogP contribution < -0.4 is 0 Å². The van der Waals surface area contributed by atoms with Crippen LogP contribution in [0.25, 0.3) is 11.0 Å². The van der Waals surface area contributed by atoms with Gasteiger partial charge in [-0.25, -0.2) is 9.37 Å². The highest BCUT2D eigenvalue weighted by Crippen LogP contribution is 2.22. The van der Waals surface area contributed by atoms with Crippen LogP contribution in [0.1, 0.15) is 31.2 Å². The molecule has 0 bridgehead atoms. The molecule has 2 aromatic rings. The van der Waals surface area contributed by atoms with E-state index in [1.807, 2.05) is 26.8 Å². The maximum atomic E-state index is 13.5. The summed E-state index contributed by atoms with van der Waals surface area (Å²) in [7, 11) is 0. The Hall–Kier alpha value is -1.38. The van der Waals surface area contributed by atoms with Gasteiger partial charge >= 0.3 is 0 Å². The summed E-state index contributed by atoms with van der Waals surface area (Å²) in [5.74, 6) is 0.841. The molecular weight excluding hydrogens is 179 g/mol. The molecule has 1 heterocycles. The number of imidazole rings is 1. The Morgan fingerprint density at radius 3 is 2.71 bits per heavy atom. The number of hydrogen-bond donors (Lipinski definition) is 1. The molecule has 0 amide bonds. The number of halogens is 1. The lowest BCUT2D eigenvalue weighted by Gasteiger charge is -2.04. The zero-order chi connectivity index (χ0) is 10.3. The van der Waals surface area contributed by atoms with E-state index in [0.29, 0.717) is 11.4 Å².